The van der Waals surface area contributed by atoms with Gasteiger partial charge in [-0.1, -0.05) is 6.92 Å². The fourth-order valence-electron chi connectivity index (χ4n) is 3.34. The number of sulfonamides is 1. The van der Waals surface area contributed by atoms with E-state index in [1.165, 1.54) is 21.1 Å². The summed E-state index contributed by atoms with van der Waals surface area (Å²) < 4.78 is 28.2. The summed E-state index contributed by atoms with van der Waals surface area (Å²) in [4.78, 5) is 37.0. The molecule has 0 bridgehead atoms. The van der Waals surface area contributed by atoms with E-state index in [2.05, 4.69) is 5.32 Å². The summed E-state index contributed by atoms with van der Waals surface area (Å²) in [7, 11) is -2.24. The summed E-state index contributed by atoms with van der Waals surface area (Å²) in [6.07, 6.45) is 2.20. The molecule has 1 aliphatic carbocycles. The zero-order valence-corrected chi connectivity index (χ0v) is 16.7. The van der Waals surface area contributed by atoms with Gasteiger partial charge in [0.15, 0.2) is 0 Å². The van der Waals surface area contributed by atoms with E-state index in [9.17, 15) is 22.8 Å². The number of hydrogen-bond acceptors (Lipinski definition) is 5. The van der Waals surface area contributed by atoms with Crippen LogP contribution >= 0.6 is 0 Å². The standard InChI is InChI=1S/C17H25N5O5S/c1-11-7-13(11)17(25)19-9-15(23)21-3-5-22(6-4-21)28(26,27)12-8-14(16(18)24)20(2)10-12/h8,10-11,13H,3-7,9H2,1-2H3,(H2,18,24)(H,19,25)/t11-,13-/m1/s1. The number of primary amides is 1. The zero-order chi connectivity index (χ0) is 20.6. The van der Waals surface area contributed by atoms with Crippen LogP contribution in [-0.4, -0.2) is 72.6 Å². The van der Waals surface area contributed by atoms with Crippen LogP contribution in [-0.2, 0) is 26.7 Å². The molecule has 1 aromatic rings. The van der Waals surface area contributed by atoms with Gasteiger partial charge in [-0.2, -0.15) is 4.31 Å². The molecule has 3 amide bonds. The van der Waals surface area contributed by atoms with E-state index in [1.54, 1.807) is 11.9 Å². The maximum absolute atomic E-state index is 12.8. The highest BCUT2D eigenvalue weighted by Gasteiger charge is 2.39. The SMILES string of the molecule is C[C@@H]1C[C@H]1C(=O)NCC(=O)N1CCN(S(=O)(=O)c2cc(C(N)=O)n(C)c2)CC1. The van der Waals surface area contributed by atoms with Gasteiger partial charge in [-0.3, -0.25) is 14.4 Å². The van der Waals surface area contributed by atoms with Crippen LogP contribution in [0.1, 0.15) is 23.8 Å². The highest BCUT2D eigenvalue weighted by atomic mass is 32.2. The fourth-order valence-corrected chi connectivity index (χ4v) is 4.83. The number of nitrogens with one attached hydrogen (secondary N) is 1. The van der Waals surface area contributed by atoms with Crippen LogP contribution in [0.5, 0.6) is 0 Å². The van der Waals surface area contributed by atoms with E-state index < -0.39 is 15.9 Å². The second kappa shape index (κ2) is 7.55. The quantitative estimate of drug-likeness (QED) is 0.602. The molecule has 28 heavy (non-hydrogen) atoms. The van der Waals surface area contributed by atoms with Crippen LogP contribution in [0.2, 0.25) is 0 Å². The Morgan fingerprint density at radius 2 is 1.82 bits per heavy atom. The normalized spacial score (nSPS) is 22.7. The minimum Gasteiger partial charge on any atom is -0.364 e. The third kappa shape index (κ3) is 4.04. The molecule has 1 saturated carbocycles. The van der Waals surface area contributed by atoms with Crippen LogP contribution < -0.4 is 11.1 Å². The smallest absolute Gasteiger partial charge is 0.265 e. The number of aromatic nitrogens is 1. The summed E-state index contributed by atoms with van der Waals surface area (Å²) in [6, 6.07) is 1.25. The Labute approximate surface area is 163 Å². The molecular formula is C17H25N5O5S. The molecule has 10 nitrogen and oxygen atoms in total. The summed E-state index contributed by atoms with van der Waals surface area (Å²) >= 11 is 0. The number of piperazine rings is 1. The molecule has 0 aromatic carbocycles. The Hall–Kier alpha value is -2.40. The van der Waals surface area contributed by atoms with E-state index >= 15 is 0 Å². The molecule has 0 radical (unpaired) electrons. The first kappa shape index (κ1) is 20.3. The van der Waals surface area contributed by atoms with Crippen molar-refractivity contribution in [1.82, 2.24) is 19.1 Å². The Balaban J connectivity index is 1.55. The summed E-state index contributed by atoms with van der Waals surface area (Å²) in [5.41, 5.74) is 5.34. The molecule has 0 spiro atoms. The van der Waals surface area contributed by atoms with Gasteiger partial charge in [-0.15, -0.1) is 0 Å². The average Bonchev–Trinajstić information content (AvgIpc) is 3.24. The maximum atomic E-state index is 12.8. The first-order valence-electron chi connectivity index (χ1n) is 9.13. The van der Waals surface area contributed by atoms with E-state index in [0.29, 0.717) is 5.92 Å². The monoisotopic (exact) mass is 411 g/mol. The predicted octanol–water partition coefficient (Wildman–Crippen LogP) is -1.27. The molecule has 0 unspecified atom stereocenters. The van der Waals surface area contributed by atoms with Crippen LogP contribution in [0.3, 0.4) is 0 Å². The summed E-state index contributed by atoms with van der Waals surface area (Å²) in [5.74, 6) is -0.657. The van der Waals surface area contributed by atoms with Crippen LogP contribution in [0.25, 0.3) is 0 Å². The lowest BCUT2D eigenvalue weighted by molar-refractivity contribution is -0.134. The van der Waals surface area contributed by atoms with Crippen molar-refractivity contribution in [3.05, 3.63) is 18.0 Å². The Morgan fingerprint density at radius 3 is 2.32 bits per heavy atom. The molecule has 2 atom stereocenters. The van der Waals surface area contributed by atoms with Crippen molar-refractivity contribution in [3.63, 3.8) is 0 Å². The summed E-state index contributed by atoms with van der Waals surface area (Å²) in [6.45, 7) is 2.68. The van der Waals surface area contributed by atoms with Crippen molar-refractivity contribution < 1.29 is 22.8 Å². The number of amides is 3. The van der Waals surface area contributed by atoms with Crippen LogP contribution in [0.4, 0.5) is 0 Å². The van der Waals surface area contributed by atoms with Crippen molar-refractivity contribution >= 4 is 27.7 Å². The lowest BCUT2D eigenvalue weighted by atomic mass is 10.3. The lowest BCUT2D eigenvalue weighted by Crippen LogP contribution is -2.52. The minimum absolute atomic E-state index is 0.00519. The number of rotatable bonds is 6. The second-order valence-corrected chi connectivity index (χ2v) is 9.30. The molecule has 3 N–H and O–H groups in total. The van der Waals surface area contributed by atoms with E-state index in [-0.39, 0.29) is 61.0 Å². The number of aryl methyl sites for hydroxylation is 1. The Morgan fingerprint density at radius 1 is 1.21 bits per heavy atom. The third-order valence-electron chi connectivity index (χ3n) is 5.32. The van der Waals surface area contributed by atoms with Gasteiger partial charge in [0.2, 0.25) is 21.8 Å². The number of nitrogens with zero attached hydrogens (tertiary/aromatic N) is 3. The molecule has 11 heteroatoms. The molecule has 2 fully saturated rings. The van der Waals surface area contributed by atoms with Crippen molar-refractivity contribution in [2.75, 3.05) is 32.7 Å². The molecule has 1 aromatic heterocycles. The van der Waals surface area contributed by atoms with Gasteiger partial charge in [-0.25, -0.2) is 8.42 Å². The van der Waals surface area contributed by atoms with Crippen molar-refractivity contribution in [3.8, 4) is 0 Å². The number of nitrogens with two attached hydrogens (primary N) is 1. The van der Waals surface area contributed by atoms with Crippen molar-refractivity contribution in [1.29, 1.82) is 0 Å². The van der Waals surface area contributed by atoms with E-state index in [1.807, 2.05) is 6.92 Å². The van der Waals surface area contributed by atoms with Gasteiger partial charge in [-0.05, 0) is 18.4 Å². The first-order chi connectivity index (χ1) is 13.1. The topological polar surface area (TPSA) is 135 Å². The number of carbonyl (C=O) groups is 3. The first-order valence-corrected chi connectivity index (χ1v) is 10.6. The highest BCUT2D eigenvalue weighted by Crippen LogP contribution is 2.37. The molecular weight excluding hydrogens is 386 g/mol. The van der Waals surface area contributed by atoms with Gasteiger partial charge < -0.3 is 20.5 Å². The van der Waals surface area contributed by atoms with E-state index in [0.717, 1.165) is 6.42 Å². The number of hydrogen-bond donors (Lipinski definition) is 2. The van der Waals surface area contributed by atoms with Crippen molar-refractivity contribution in [2.45, 2.75) is 18.2 Å². The molecule has 2 aliphatic rings. The predicted molar refractivity (Wildman–Crippen MR) is 99.6 cm³/mol. The van der Waals surface area contributed by atoms with Crippen LogP contribution in [0, 0.1) is 11.8 Å². The molecule has 1 aliphatic heterocycles. The van der Waals surface area contributed by atoms with Crippen molar-refractivity contribution in [2.24, 2.45) is 24.6 Å². The van der Waals surface area contributed by atoms with Gasteiger partial charge in [0.1, 0.15) is 10.6 Å². The molecule has 2 heterocycles. The van der Waals surface area contributed by atoms with Gasteiger partial charge in [0.25, 0.3) is 5.91 Å². The minimum atomic E-state index is -3.78. The maximum Gasteiger partial charge on any atom is 0.265 e. The average molecular weight is 411 g/mol. The fraction of sp³-hybridized carbons (Fsp3) is 0.588. The van der Waals surface area contributed by atoms with Gasteiger partial charge >= 0.3 is 0 Å². The molecule has 3 rings (SSSR count). The second-order valence-electron chi connectivity index (χ2n) is 7.36. The molecule has 154 valence electrons. The zero-order valence-electron chi connectivity index (χ0n) is 15.9. The number of carbonyl (C=O) groups excluding carboxylic acids is 3. The largest absolute Gasteiger partial charge is 0.364 e. The Bertz CT molecular complexity index is 901. The third-order valence-corrected chi connectivity index (χ3v) is 7.19. The highest BCUT2D eigenvalue weighted by molar-refractivity contribution is 7.89. The summed E-state index contributed by atoms with van der Waals surface area (Å²) in [5, 5.41) is 2.65. The Kier molecular flexibility index (Phi) is 5.48. The van der Waals surface area contributed by atoms with Gasteiger partial charge in [0, 0.05) is 45.3 Å². The lowest BCUT2D eigenvalue weighted by Gasteiger charge is -2.33. The van der Waals surface area contributed by atoms with Gasteiger partial charge in [0.05, 0.1) is 6.54 Å². The molecule has 1 saturated heterocycles. The van der Waals surface area contributed by atoms with Crippen LogP contribution in [0.15, 0.2) is 17.2 Å². The van der Waals surface area contributed by atoms with E-state index in [4.69, 9.17) is 5.73 Å².